The Labute approximate surface area is 74.3 Å². The fraction of sp³-hybridized carbons (Fsp3) is 1.00. The van der Waals surface area contributed by atoms with Gasteiger partial charge in [0, 0.05) is 26.8 Å². The first kappa shape index (κ1) is 9.96. The molecule has 0 amide bonds. The van der Waals surface area contributed by atoms with Crippen LogP contribution in [-0.2, 0) is 4.74 Å². The molecule has 1 N–H and O–H groups in total. The summed E-state index contributed by atoms with van der Waals surface area (Å²) >= 11 is 0. The van der Waals surface area contributed by atoms with Crippen LogP contribution in [0.3, 0.4) is 0 Å². The van der Waals surface area contributed by atoms with Crippen molar-refractivity contribution in [3.8, 4) is 0 Å². The molecule has 1 rings (SSSR count). The monoisotopic (exact) mass is 173 g/mol. The van der Waals surface area contributed by atoms with Crippen molar-refractivity contribution >= 4 is 0 Å². The molecule has 2 unspecified atom stereocenters. The predicted molar refractivity (Wildman–Crippen MR) is 48.1 cm³/mol. The maximum Gasteiger partial charge on any atom is 0.0670 e. The van der Waals surface area contributed by atoms with Crippen LogP contribution in [0.1, 0.15) is 13.3 Å². The van der Waals surface area contributed by atoms with Gasteiger partial charge in [-0.05, 0) is 25.8 Å². The molecular weight excluding hydrogens is 154 g/mol. The van der Waals surface area contributed by atoms with Gasteiger partial charge in [0.2, 0.25) is 0 Å². The number of hydrogen-bond donors (Lipinski definition) is 1. The summed E-state index contributed by atoms with van der Waals surface area (Å²) in [5.74, 6) is 0.494. The molecule has 0 aromatic carbocycles. The number of methoxy groups -OCH3 is 1. The first-order valence-electron chi connectivity index (χ1n) is 4.62. The lowest BCUT2D eigenvalue weighted by Gasteiger charge is -2.19. The van der Waals surface area contributed by atoms with Gasteiger partial charge < -0.3 is 14.7 Å². The molecule has 0 aliphatic carbocycles. The molecule has 1 fully saturated rings. The predicted octanol–water partition coefficient (Wildman–Crippen LogP) is 0.336. The van der Waals surface area contributed by atoms with E-state index in [1.165, 1.54) is 0 Å². The highest BCUT2D eigenvalue weighted by molar-refractivity contribution is 4.75. The van der Waals surface area contributed by atoms with Crippen LogP contribution in [0.25, 0.3) is 0 Å². The molecule has 0 saturated carbocycles. The summed E-state index contributed by atoms with van der Waals surface area (Å²) in [6.45, 7) is 5.54. The largest absolute Gasteiger partial charge is 0.396 e. The Morgan fingerprint density at radius 2 is 2.42 bits per heavy atom. The van der Waals surface area contributed by atoms with Crippen molar-refractivity contribution in [3.05, 3.63) is 0 Å². The molecule has 0 radical (unpaired) electrons. The van der Waals surface area contributed by atoms with E-state index >= 15 is 0 Å². The molecule has 1 aliphatic rings. The highest BCUT2D eigenvalue weighted by atomic mass is 16.5. The fourth-order valence-corrected chi connectivity index (χ4v) is 1.67. The van der Waals surface area contributed by atoms with Crippen LogP contribution >= 0.6 is 0 Å². The molecule has 72 valence electrons. The molecule has 1 saturated heterocycles. The van der Waals surface area contributed by atoms with Crippen molar-refractivity contribution < 1.29 is 9.84 Å². The topological polar surface area (TPSA) is 32.7 Å². The van der Waals surface area contributed by atoms with Gasteiger partial charge in [-0.25, -0.2) is 0 Å². The molecule has 0 bridgehead atoms. The van der Waals surface area contributed by atoms with E-state index in [1.54, 1.807) is 7.11 Å². The zero-order valence-corrected chi connectivity index (χ0v) is 7.99. The maximum absolute atomic E-state index is 8.92. The van der Waals surface area contributed by atoms with Crippen molar-refractivity contribution in [2.45, 2.75) is 19.4 Å². The van der Waals surface area contributed by atoms with Crippen LogP contribution in [0.15, 0.2) is 0 Å². The summed E-state index contributed by atoms with van der Waals surface area (Å²) in [4.78, 5) is 2.36. The normalized spacial score (nSPS) is 27.8. The van der Waals surface area contributed by atoms with E-state index in [2.05, 4.69) is 11.8 Å². The Morgan fingerprint density at radius 1 is 1.67 bits per heavy atom. The van der Waals surface area contributed by atoms with Crippen molar-refractivity contribution in [2.75, 3.05) is 33.4 Å². The molecule has 12 heavy (non-hydrogen) atoms. The summed E-state index contributed by atoms with van der Waals surface area (Å²) in [5, 5.41) is 8.92. The standard InChI is InChI=1S/C9H19NO2/c1-8(12-2)5-10-4-3-9(6-10)7-11/h8-9,11H,3-7H2,1-2H3. The van der Waals surface area contributed by atoms with E-state index in [0.29, 0.717) is 18.6 Å². The first-order chi connectivity index (χ1) is 5.76. The number of ether oxygens (including phenoxy) is 1. The number of hydrogen-bond acceptors (Lipinski definition) is 3. The molecule has 1 aliphatic heterocycles. The Morgan fingerprint density at radius 3 is 2.92 bits per heavy atom. The second-order valence-corrected chi connectivity index (χ2v) is 3.64. The lowest BCUT2D eigenvalue weighted by atomic mass is 10.1. The second kappa shape index (κ2) is 4.80. The zero-order valence-electron chi connectivity index (χ0n) is 7.99. The summed E-state index contributed by atoms with van der Waals surface area (Å²) in [6, 6.07) is 0. The van der Waals surface area contributed by atoms with Crippen molar-refractivity contribution in [2.24, 2.45) is 5.92 Å². The van der Waals surface area contributed by atoms with Gasteiger partial charge in [-0.1, -0.05) is 0 Å². The van der Waals surface area contributed by atoms with E-state index in [9.17, 15) is 0 Å². The van der Waals surface area contributed by atoms with E-state index in [-0.39, 0.29) is 0 Å². The summed E-state index contributed by atoms with van der Waals surface area (Å²) < 4.78 is 5.18. The van der Waals surface area contributed by atoms with Gasteiger partial charge in [0.25, 0.3) is 0 Å². The lowest BCUT2D eigenvalue weighted by molar-refractivity contribution is 0.0826. The van der Waals surface area contributed by atoms with Gasteiger partial charge in [-0.3, -0.25) is 0 Å². The summed E-state index contributed by atoms with van der Waals surface area (Å²) in [7, 11) is 1.74. The van der Waals surface area contributed by atoms with Crippen LogP contribution in [0.4, 0.5) is 0 Å². The number of rotatable bonds is 4. The van der Waals surface area contributed by atoms with E-state index in [4.69, 9.17) is 9.84 Å². The zero-order chi connectivity index (χ0) is 8.97. The van der Waals surface area contributed by atoms with Crippen LogP contribution in [0.5, 0.6) is 0 Å². The van der Waals surface area contributed by atoms with E-state index in [0.717, 1.165) is 26.1 Å². The van der Waals surface area contributed by atoms with E-state index < -0.39 is 0 Å². The number of aliphatic hydroxyl groups excluding tert-OH is 1. The van der Waals surface area contributed by atoms with Crippen LogP contribution in [0, 0.1) is 5.92 Å². The van der Waals surface area contributed by atoms with Crippen LogP contribution in [0.2, 0.25) is 0 Å². The third-order valence-corrected chi connectivity index (χ3v) is 2.55. The van der Waals surface area contributed by atoms with Crippen molar-refractivity contribution in [3.63, 3.8) is 0 Å². The van der Waals surface area contributed by atoms with E-state index in [1.807, 2.05) is 0 Å². The highest BCUT2D eigenvalue weighted by Gasteiger charge is 2.22. The van der Waals surface area contributed by atoms with Gasteiger partial charge in [-0.15, -0.1) is 0 Å². The van der Waals surface area contributed by atoms with Crippen molar-refractivity contribution in [1.29, 1.82) is 0 Å². The maximum atomic E-state index is 8.92. The van der Waals surface area contributed by atoms with Crippen LogP contribution in [-0.4, -0.2) is 49.5 Å². The Bertz CT molecular complexity index is 130. The van der Waals surface area contributed by atoms with Crippen molar-refractivity contribution in [1.82, 2.24) is 4.90 Å². The van der Waals surface area contributed by atoms with Gasteiger partial charge in [0.1, 0.15) is 0 Å². The second-order valence-electron chi connectivity index (χ2n) is 3.64. The third kappa shape index (κ3) is 2.73. The Balaban J connectivity index is 2.18. The van der Waals surface area contributed by atoms with Crippen LogP contribution < -0.4 is 0 Å². The van der Waals surface area contributed by atoms with Gasteiger partial charge in [0.05, 0.1) is 6.10 Å². The minimum Gasteiger partial charge on any atom is -0.396 e. The molecular formula is C9H19NO2. The number of aliphatic hydroxyl groups is 1. The SMILES string of the molecule is COC(C)CN1CCC(CO)C1. The van der Waals surface area contributed by atoms with Gasteiger partial charge >= 0.3 is 0 Å². The van der Waals surface area contributed by atoms with Gasteiger partial charge in [0.15, 0.2) is 0 Å². The molecule has 2 atom stereocenters. The minimum absolute atomic E-state index is 0.308. The number of nitrogens with zero attached hydrogens (tertiary/aromatic N) is 1. The average Bonchev–Trinajstić information content (AvgIpc) is 2.52. The Hall–Kier alpha value is -0.120. The van der Waals surface area contributed by atoms with Gasteiger partial charge in [-0.2, -0.15) is 0 Å². The number of likely N-dealkylation sites (tertiary alicyclic amines) is 1. The average molecular weight is 173 g/mol. The summed E-state index contributed by atoms with van der Waals surface area (Å²) in [5.41, 5.74) is 0. The molecule has 3 heteroatoms. The summed E-state index contributed by atoms with van der Waals surface area (Å²) in [6.07, 6.45) is 1.44. The Kier molecular flexibility index (Phi) is 3.98. The molecule has 0 aromatic heterocycles. The highest BCUT2D eigenvalue weighted by Crippen LogP contribution is 2.15. The third-order valence-electron chi connectivity index (χ3n) is 2.55. The first-order valence-corrected chi connectivity index (χ1v) is 4.62. The quantitative estimate of drug-likeness (QED) is 0.665. The molecule has 1 heterocycles. The minimum atomic E-state index is 0.308. The lowest BCUT2D eigenvalue weighted by Crippen LogP contribution is -2.30. The molecule has 3 nitrogen and oxygen atoms in total. The fourth-order valence-electron chi connectivity index (χ4n) is 1.67. The molecule has 0 aromatic rings. The smallest absolute Gasteiger partial charge is 0.0670 e. The molecule has 0 spiro atoms.